The molecular weight excluding hydrogens is 318 g/mol. The van der Waals surface area contributed by atoms with Crippen molar-refractivity contribution in [2.75, 3.05) is 19.3 Å². The third-order valence-electron chi connectivity index (χ3n) is 4.30. The van der Waals surface area contributed by atoms with Crippen molar-refractivity contribution in [2.45, 2.75) is 18.8 Å². The van der Waals surface area contributed by atoms with Gasteiger partial charge in [0, 0.05) is 26.1 Å². The molecule has 0 N–H and O–H groups in total. The first-order valence-corrected chi connectivity index (χ1v) is 9.26. The number of hydrogen-bond donors (Lipinski definition) is 0. The standard InChI is InChI=1S/C13H17N7O2S/c1-18-12-10(6-15-18)13-16-11(17-20(13)8-14-12)9-4-3-5-19(7-9)23(2,21)22/h6,8-9H,3-5,7H2,1-2H3/t9-/m0/s1. The highest BCUT2D eigenvalue weighted by atomic mass is 32.2. The summed E-state index contributed by atoms with van der Waals surface area (Å²) in [5.74, 6) is 0.668. The maximum Gasteiger partial charge on any atom is 0.211 e. The van der Waals surface area contributed by atoms with Gasteiger partial charge in [0.25, 0.3) is 0 Å². The maximum atomic E-state index is 11.8. The van der Waals surface area contributed by atoms with E-state index in [0.29, 0.717) is 24.6 Å². The molecular formula is C13H17N7O2S. The van der Waals surface area contributed by atoms with Gasteiger partial charge in [-0.1, -0.05) is 0 Å². The Kier molecular flexibility index (Phi) is 3.13. The maximum absolute atomic E-state index is 11.8. The lowest BCUT2D eigenvalue weighted by Crippen LogP contribution is -2.38. The fourth-order valence-corrected chi connectivity index (χ4v) is 3.99. The molecule has 3 aromatic heterocycles. The molecule has 1 aliphatic rings. The van der Waals surface area contributed by atoms with Crippen molar-refractivity contribution < 1.29 is 8.42 Å². The van der Waals surface area contributed by atoms with E-state index in [1.165, 1.54) is 10.6 Å². The molecule has 0 aliphatic carbocycles. The third-order valence-corrected chi connectivity index (χ3v) is 5.57. The van der Waals surface area contributed by atoms with Crippen molar-refractivity contribution in [3.8, 4) is 0 Å². The van der Waals surface area contributed by atoms with Crippen molar-refractivity contribution in [2.24, 2.45) is 7.05 Å². The van der Waals surface area contributed by atoms with Gasteiger partial charge in [-0.2, -0.15) is 5.10 Å². The van der Waals surface area contributed by atoms with Crippen LogP contribution in [0.2, 0.25) is 0 Å². The van der Waals surface area contributed by atoms with Crippen LogP contribution in [-0.4, -0.2) is 61.4 Å². The lowest BCUT2D eigenvalue weighted by Gasteiger charge is -2.29. The highest BCUT2D eigenvalue weighted by molar-refractivity contribution is 7.88. The highest BCUT2D eigenvalue weighted by Gasteiger charge is 2.29. The van der Waals surface area contributed by atoms with Crippen molar-refractivity contribution in [3.63, 3.8) is 0 Å². The molecule has 1 aliphatic heterocycles. The summed E-state index contributed by atoms with van der Waals surface area (Å²) in [6, 6.07) is 0. The molecule has 0 aromatic carbocycles. The molecule has 23 heavy (non-hydrogen) atoms. The molecule has 3 aromatic rings. The van der Waals surface area contributed by atoms with E-state index in [9.17, 15) is 8.42 Å². The predicted octanol–water partition coefficient (Wildman–Crippen LogP) is 0.150. The van der Waals surface area contributed by atoms with Gasteiger partial charge in [0.05, 0.1) is 17.8 Å². The quantitative estimate of drug-likeness (QED) is 0.661. The molecule has 9 nitrogen and oxygen atoms in total. The fourth-order valence-electron chi connectivity index (χ4n) is 3.08. The summed E-state index contributed by atoms with van der Waals surface area (Å²) < 4.78 is 28.4. The summed E-state index contributed by atoms with van der Waals surface area (Å²) in [7, 11) is -1.36. The molecule has 0 saturated carbocycles. The van der Waals surface area contributed by atoms with Crippen LogP contribution in [0.25, 0.3) is 16.7 Å². The van der Waals surface area contributed by atoms with Crippen LogP contribution in [-0.2, 0) is 17.1 Å². The lowest BCUT2D eigenvalue weighted by atomic mass is 9.99. The van der Waals surface area contributed by atoms with Gasteiger partial charge in [-0.15, -0.1) is 5.10 Å². The molecule has 0 radical (unpaired) electrons. The minimum Gasteiger partial charge on any atom is -0.250 e. The van der Waals surface area contributed by atoms with Crippen LogP contribution in [0.4, 0.5) is 0 Å². The van der Waals surface area contributed by atoms with Gasteiger partial charge in [-0.3, -0.25) is 4.68 Å². The van der Waals surface area contributed by atoms with E-state index < -0.39 is 10.0 Å². The zero-order chi connectivity index (χ0) is 16.2. The number of aryl methyl sites for hydroxylation is 1. The van der Waals surface area contributed by atoms with Gasteiger partial charge in [0.2, 0.25) is 10.0 Å². The van der Waals surface area contributed by atoms with E-state index in [4.69, 9.17) is 0 Å². The van der Waals surface area contributed by atoms with Crippen LogP contribution in [0.15, 0.2) is 12.5 Å². The summed E-state index contributed by atoms with van der Waals surface area (Å²) in [5, 5.41) is 9.53. The van der Waals surface area contributed by atoms with Crippen molar-refractivity contribution in [1.82, 2.24) is 33.7 Å². The van der Waals surface area contributed by atoms with E-state index >= 15 is 0 Å². The van der Waals surface area contributed by atoms with Crippen molar-refractivity contribution in [1.29, 1.82) is 0 Å². The number of sulfonamides is 1. The predicted molar refractivity (Wildman–Crippen MR) is 83.4 cm³/mol. The normalized spacial score (nSPS) is 20.5. The summed E-state index contributed by atoms with van der Waals surface area (Å²) in [5.41, 5.74) is 1.45. The topological polar surface area (TPSA) is 98.3 Å². The molecule has 1 fully saturated rings. The Morgan fingerprint density at radius 2 is 2.13 bits per heavy atom. The second kappa shape index (κ2) is 4.96. The number of fused-ring (bicyclic) bond motifs is 3. The number of hydrogen-bond acceptors (Lipinski definition) is 6. The Hall–Kier alpha value is -2.07. The largest absolute Gasteiger partial charge is 0.250 e. The zero-order valence-corrected chi connectivity index (χ0v) is 13.7. The fraction of sp³-hybridized carbons (Fsp3) is 0.538. The molecule has 122 valence electrons. The van der Waals surface area contributed by atoms with Crippen LogP contribution in [0, 0.1) is 0 Å². The Morgan fingerprint density at radius 1 is 1.30 bits per heavy atom. The summed E-state index contributed by atoms with van der Waals surface area (Å²) in [6.07, 6.45) is 6.28. The zero-order valence-electron chi connectivity index (χ0n) is 12.9. The van der Waals surface area contributed by atoms with E-state index in [1.807, 2.05) is 7.05 Å². The smallest absolute Gasteiger partial charge is 0.211 e. The molecule has 4 heterocycles. The van der Waals surface area contributed by atoms with Gasteiger partial charge >= 0.3 is 0 Å². The number of piperidine rings is 1. The summed E-state index contributed by atoms with van der Waals surface area (Å²) in [4.78, 5) is 8.97. The van der Waals surface area contributed by atoms with Gasteiger partial charge in [0.15, 0.2) is 17.1 Å². The monoisotopic (exact) mass is 335 g/mol. The van der Waals surface area contributed by atoms with Gasteiger partial charge < -0.3 is 0 Å². The van der Waals surface area contributed by atoms with Gasteiger partial charge in [-0.05, 0) is 12.8 Å². The third kappa shape index (κ3) is 2.38. The van der Waals surface area contributed by atoms with E-state index in [0.717, 1.165) is 23.9 Å². The molecule has 0 unspecified atom stereocenters. The molecule has 0 spiro atoms. The summed E-state index contributed by atoms with van der Waals surface area (Å²) >= 11 is 0. The minimum atomic E-state index is -3.18. The first-order chi connectivity index (χ1) is 10.9. The second-order valence-electron chi connectivity index (χ2n) is 5.95. The first kappa shape index (κ1) is 14.5. The Bertz CT molecular complexity index is 991. The molecule has 0 bridgehead atoms. The molecule has 1 atom stereocenters. The lowest BCUT2D eigenvalue weighted by molar-refractivity contribution is 0.311. The number of nitrogens with zero attached hydrogens (tertiary/aromatic N) is 7. The van der Waals surface area contributed by atoms with Crippen LogP contribution in [0.1, 0.15) is 24.6 Å². The Labute approximate surface area is 133 Å². The summed E-state index contributed by atoms with van der Waals surface area (Å²) in [6.45, 7) is 0.996. The van der Waals surface area contributed by atoms with E-state index in [1.54, 1.807) is 21.7 Å². The second-order valence-corrected chi connectivity index (χ2v) is 7.93. The Morgan fingerprint density at radius 3 is 2.91 bits per heavy atom. The van der Waals surface area contributed by atoms with Crippen LogP contribution in [0.3, 0.4) is 0 Å². The average molecular weight is 335 g/mol. The van der Waals surface area contributed by atoms with E-state index in [-0.39, 0.29) is 5.92 Å². The number of aromatic nitrogens is 6. The van der Waals surface area contributed by atoms with Crippen LogP contribution in [0.5, 0.6) is 0 Å². The Balaban J connectivity index is 1.76. The van der Waals surface area contributed by atoms with Gasteiger partial charge in [-0.25, -0.2) is 27.2 Å². The molecule has 0 amide bonds. The van der Waals surface area contributed by atoms with Crippen LogP contribution >= 0.6 is 0 Å². The SMILES string of the molecule is Cn1ncc2c1ncn1nc([C@H]3CCCN(S(C)(=O)=O)C3)nc21. The average Bonchev–Trinajstić information content (AvgIpc) is 3.10. The highest BCUT2D eigenvalue weighted by Crippen LogP contribution is 2.27. The van der Waals surface area contributed by atoms with Crippen molar-refractivity contribution >= 4 is 26.7 Å². The van der Waals surface area contributed by atoms with E-state index in [2.05, 4.69) is 20.2 Å². The minimum absolute atomic E-state index is 0.00472. The molecule has 1 saturated heterocycles. The first-order valence-electron chi connectivity index (χ1n) is 7.41. The van der Waals surface area contributed by atoms with Crippen LogP contribution < -0.4 is 0 Å². The molecule has 10 heteroatoms. The number of rotatable bonds is 2. The molecule has 4 rings (SSSR count). The van der Waals surface area contributed by atoms with Crippen molar-refractivity contribution in [3.05, 3.63) is 18.3 Å². The van der Waals surface area contributed by atoms with Gasteiger partial charge in [0.1, 0.15) is 6.33 Å².